The third-order valence-corrected chi connectivity index (χ3v) is 6.15. The highest BCUT2D eigenvalue weighted by molar-refractivity contribution is 5.79. The van der Waals surface area contributed by atoms with Gasteiger partial charge in [-0.05, 0) is 66.2 Å². The molecule has 1 atom stereocenters. The molecule has 26 heavy (non-hydrogen) atoms. The minimum atomic E-state index is 0.131. The predicted molar refractivity (Wildman–Crippen MR) is 104 cm³/mol. The Kier molecular flexibility index (Phi) is 6.35. The zero-order chi connectivity index (χ0) is 18.7. The summed E-state index contributed by atoms with van der Waals surface area (Å²) in [6, 6.07) is 0.849. The van der Waals surface area contributed by atoms with Crippen LogP contribution in [0.3, 0.4) is 0 Å². The fourth-order valence-corrected chi connectivity index (χ4v) is 4.35. The van der Waals surface area contributed by atoms with Gasteiger partial charge in [-0.3, -0.25) is 9.69 Å². The molecule has 0 radical (unpaired) electrons. The monoisotopic (exact) mass is 361 g/mol. The second-order valence-electron chi connectivity index (χ2n) is 8.38. The fourth-order valence-electron chi connectivity index (χ4n) is 4.35. The second kappa shape index (κ2) is 8.53. The van der Waals surface area contributed by atoms with Crippen molar-refractivity contribution >= 4 is 5.91 Å². The van der Waals surface area contributed by atoms with Crippen molar-refractivity contribution in [3.63, 3.8) is 0 Å². The van der Waals surface area contributed by atoms with Crippen LogP contribution in [-0.2, 0) is 18.4 Å². The summed E-state index contributed by atoms with van der Waals surface area (Å²) in [5, 5.41) is 0. The first-order chi connectivity index (χ1) is 12.5. The smallest absolute Gasteiger partial charge is 0.227 e. The molecule has 0 saturated carbocycles. The van der Waals surface area contributed by atoms with Crippen LogP contribution < -0.4 is 0 Å². The summed E-state index contributed by atoms with van der Waals surface area (Å²) >= 11 is 0. The van der Waals surface area contributed by atoms with Crippen molar-refractivity contribution in [2.75, 3.05) is 33.2 Å². The van der Waals surface area contributed by atoms with Crippen LogP contribution in [0.5, 0.6) is 0 Å². The summed E-state index contributed by atoms with van der Waals surface area (Å²) in [5.74, 6) is 1.39. The first kappa shape index (κ1) is 19.4. The van der Waals surface area contributed by atoms with Crippen molar-refractivity contribution in [2.45, 2.75) is 58.2 Å². The third kappa shape index (κ3) is 4.46. The number of nitrogens with zero attached hydrogens (tertiary/aromatic N) is 5. The van der Waals surface area contributed by atoms with Gasteiger partial charge in [-0.1, -0.05) is 0 Å². The Balaban J connectivity index is 1.63. The van der Waals surface area contributed by atoms with Crippen molar-refractivity contribution in [2.24, 2.45) is 13.0 Å². The van der Waals surface area contributed by atoms with Crippen LogP contribution in [0.4, 0.5) is 0 Å². The molecule has 1 amide bonds. The normalized spacial score (nSPS) is 23.5. The van der Waals surface area contributed by atoms with Gasteiger partial charge in [0.05, 0.1) is 12.5 Å². The summed E-state index contributed by atoms with van der Waals surface area (Å²) in [6.45, 7) is 9.26. The van der Waals surface area contributed by atoms with Crippen molar-refractivity contribution in [3.8, 4) is 0 Å². The molecule has 1 aromatic heterocycles. The molecule has 0 N–H and O–H groups in total. The van der Waals surface area contributed by atoms with Gasteiger partial charge in [0.15, 0.2) is 0 Å². The number of hydrogen-bond acceptors (Lipinski definition) is 4. The lowest BCUT2D eigenvalue weighted by Gasteiger charge is -2.42. The number of carbonyl (C=O) groups excluding carboxylic acids is 1. The number of likely N-dealkylation sites (tertiary alicyclic amines) is 2. The molecule has 146 valence electrons. The van der Waals surface area contributed by atoms with Crippen LogP contribution in [0, 0.1) is 5.92 Å². The van der Waals surface area contributed by atoms with Gasteiger partial charge in [-0.15, -0.1) is 0 Å². The van der Waals surface area contributed by atoms with E-state index in [1.54, 1.807) is 6.20 Å². The molecule has 2 aliphatic rings. The van der Waals surface area contributed by atoms with Crippen LogP contribution in [0.2, 0.25) is 0 Å². The zero-order valence-corrected chi connectivity index (χ0v) is 16.9. The quantitative estimate of drug-likeness (QED) is 0.804. The Hall–Kier alpha value is -1.40. The van der Waals surface area contributed by atoms with E-state index in [2.05, 4.69) is 35.7 Å². The number of piperidine rings is 2. The average Bonchev–Trinajstić information content (AvgIpc) is 3.04. The number of amides is 1. The predicted octanol–water partition coefficient (Wildman–Crippen LogP) is 1.96. The molecule has 0 spiro atoms. The first-order valence-corrected chi connectivity index (χ1v) is 10.1. The van der Waals surface area contributed by atoms with Crippen LogP contribution >= 0.6 is 0 Å². The lowest BCUT2D eigenvalue weighted by atomic mass is 9.92. The highest BCUT2D eigenvalue weighted by Gasteiger charge is 2.34. The van der Waals surface area contributed by atoms with Crippen molar-refractivity contribution in [1.29, 1.82) is 0 Å². The molecule has 3 heterocycles. The van der Waals surface area contributed by atoms with E-state index in [1.807, 2.05) is 22.7 Å². The van der Waals surface area contributed by atoms with Crippen LogP contribution in [0.1, 0.15) is 45.4 Å². The van der Waals surface area contributed by atoms with E-state index in [4.69, 9.17) is 0 Å². The molecule has 2 aliphatic heterocycles. The summed E-state index contributed by atoms with van der Waals surface area (Å²) in [7, 11) is 4.20. The topological polar surface area (TPSA) is 44.6 Å². The Morgan fingerprint density at radius 3 is 2.58 bits per heavy atom. The maximum Gasteiger partial charge on any atom is 0.227 e. The summed E-state index contributed by atoms with van der Waals surface area (Å²) in [5.41, 5.74) is 0. The molecular formula is C20H35N5O. The number of carbonyl (C=O) groups is 1. The largest absolute Gasteiger partial charge is 0.337 e. The maximum atomic E-state index is 13.3. The van der Waals surface area contributed by atoms with Crippen LogP contribution in [0.15, 0.2) is 12.4 Å². The SMILES string of the molecule is CC(C)N(Cc1nccn1C)C(=O)C1CCCN(C2CCN(C)CC2)C1. The van der Waals surface area contributed by atoms with E-state index in [0.717, 1.165) is 31.8 Å². The maximum absolute atomic E-state index is 13.3. The lowest BCUT2D eigenvalue weighted by molar-refractivity contribution is -0.140. The van der Waals surface area contributed by atoms with Crippen molar-refractivity contribution in [3.05, 3.63) is 18.2 Å². The van der Waals surface area contributed by atoms with Gasteiger partial charge in [0.2, 0.25) is 5.91 Å². The van der Waals surface area contributed by atoms with Gasteiger partial charge in [-0.25, -0.2) is 4.98 Å². The number of rotatable bonds is 5. The molecule has 3 rings (SSSR count). The van der Waals surface area contributed by atoms with Gasteiger partial charge in [-0.2, -0.15) is 0 Å². The minimum Gasteiger partial charge on any atom is -0.337 e. The molecular weight excluding hydrogens is 326 g/mol. The van der Waals surface area contributed by atoms with E-state index in [1.165, 1.54) is 25.9 Å². The standard InChI is InChI=1S/C20H35N5O/c1-16(2)25(15-19-21-9-13-23(19)4)20(26)17-6-5-10-24(14-17)18-7-11-22(3)12-8-18/h9,13,16-18H,5-8,10-12,14-15H2,1-4H3. The Morgan fingerprint density at radius 2 is 1.96 bits per heavy atom. The number of aromatic nitrogens is 2. The van der Waals surface area contributed by atoms with Crippen molar-refractivity contribution < 1.29 is 4.79 Å². The fraction of sp³-hybridized carbons (Fsp3) is 0.800. The molecule has 0 aliphatic carbocycles. The van der Waals surface area contributed by atoms with Gasteiger partial charge in [0.25, 0.3) is 0 Å². The molecule has 2 saturated heterocycles. The summed E-state index contributed by atoms with van der Waals surface area (Å²) < 4.78 is 2.01. The molecule has 0 aromatic carbocycles. The highest BCUT2D eigenvalue weighted by Crippen LogP contribution is 2.25. The van der Waals surface area contributed by atoms with Crippen LogP contribution in [-0.4, -0.2) is 75.5 Å². The van der Waals surface area contributed by atoms with Gasteiger partial charge in [0, 0.05) is 38.1 Å². The summed E-state index contributed by atoms with van der Waals surface area (Å²) in [6.07, 6.45) is 8.38. The molecule has 0 bridgehead atoms. The Labute approximate surface area is 158 Å². The molecule has 1 unspecified atom stereocenters. The second-order valence-corrected chi connectivity index (χ2v) is 8.38. The molecule has 6 nitrogen and oxygen atoms in total. The molecule has 6 heteroatoms. The van der Waals surface area contributed by atoms with E-state index < -0.39 is 0 Å². The zero-order valence-electron chi connectivity index (χ0n) is 16.9. The average molecular weight is 362 g/mol. The molecule has 1 aromatic rings. The van der Waals surface area contributed by atoms with Gasteiger partial charge >= 0.3 is 0 Å². The van der Waals surface area contributed by atoms with E-state index in [0.29, 0.717) is 18.5 Å². The Morgan fingerprint density at radius 1 is 1.23 bits per heavy atom. The van der Waals surface area contributed by atoms with Gasteiger partial charge in [0.1, 0.15) is 5.82 Å². The number of imidazole rings is 1. The highest BCUT2D eigenvalue weighted by atomic mass is 16.2. The minimum absolute atomic E-state index is 0.131. The Bertz CT molecular complexity index is 591. The molecule has 2 fully saturated rings. The van der Waals surface area contributed by atoms with E-state index in [-0.39, 0.29) is 12.0 Å². The van der Waals surface area contributed by atoms with Crippen LogP contribution in [0.25, 0.3) is 0 Å². The first-order valence-electron chi connectivity index (χ1n) is 10.1. The lowest BCUT2D eigenvalue weighted by Crippen LogP contribution is -2.51. The number of aryl methyl sites for hydroxylation is 1. The van der Waals surface area contributed by atoms with E-state index >= 15 is 0 Å². The van der Waals surface area contributed by atoms with Crippen molar-refractivity contribution in [1.82, 2.24) is 24.3 Å². The van der Waals surface area contributed by atoms with E-state index in [9.17, 15) is 4.79 Å². The third-order valence-electron chi connectivity index (χ3n) is 6.15. The van der Waals surface area contributed by atoms with Gasteiger partial charge < -0.3 is 14.4 Å². The number of hydrogen-bond donors (Lipinski definition) is 0. The summed E-state index contributed by atoms with van der Waals surface area (Å²) in [4.78, 5) is 24.8.